The SMILES string of the molecule is O=C(OCC1c2ccccc2-c2ccccc21)N1C2C=C(CCCOc3ccccc3)CC1COC2. The summed E-state index contributed by atoms with van der Waals surface area (Å²) in [5, 5.41) is 0. The molecule has 0 N–H and O–H groups in total. The van der Waals surface area contributed by atoms with Crippen LogP contribution in [0.1, 0.15) is 36.3 Å². The lowest BCUT2D eigenvalue weighted by Gasteiger charge is -2.44. The van der Waals surface area contributed by atoms with Crippen molar-refractivity contribution < 1.29 is 19.0 Å². The van der Waals surface area contributed by atoms with E-state index in [9.17, 15) is 4.79 Å². The van der Waals surface area contributed by atoms with Crippen molar-refractivity contribution in [3.05, 3.63) is 102 Å². The lowest BCUT2D eigenvalue weighted by Crippen LogP contribution is -2.56. The number of carbonyl (C=O) groups excluding carboxylic acids is 1. The Balaban J connectivity index is 1.08. The van der Waals surface area contributed by atoms with Crippen LogP contribution in [0, 0.1) is 0 Å². The van der Waals surface area contributed by atoms with Gasteiger partial charge in [0.1, 0.15) is 12.4 Å². The Morgan fingerprint density at radius 3 is 2.31 bits per heavy atom. The van der Waals surface area contributed by atoms with E-state index in [0.29, 0.717) is 26.4 Å². The van der Waals surface area contributed by atoms with Crippen LogP contribution in [-0.4, -0.2) is 49.5 Å². The lowest BCUT2D eigenvalue weighted by atomic mass is 9.92. The summed E-state index contributed by atoms with van der Waals surface area (Å²) in [5.74, 6) is 0.972. The van der Waals surface area contributed by atoms with Gasteiger partial charge in [-0.05, 0) is 53.6 Å². The molecule has 5 heteroatoms. The van der Waals surface area contributed by atoms with Gasteiger partial charge < -0.3 is 14.2 Å². The number of rotatable bonds is 7. The Labute approximate surface area is 212 Å². The molecule has 2 bridgehead atoms. The molecule has 184 valence electrons. The number of nitrogens with zero attached hydrogens (tertiary/aromatic N) is 1. The van der Waals surface area contributed by atoms with E-state index in [1.807, 2.05) is 35.2 Å². The summed E-state index contributed by atoms with van der Waals surface area (Å²) in [7, 11) is 0. The second kappa shape index (κ2) is 10.2. The zero-order valence-electron chi connectivity index (χ0n) is 20.3. The van der Waals surface area contributed by atoms with Crippen LogP contribution in [0.5, 0.6) is 5.75 Å². The topological polar surface area (TPSA) is 48.0 Å². The molecule has 2 heterocycles. The number of carbonyl (C=O) groups is 1. The molecule has 36 heavy (non-hydrogen) atoms. The van der Waals surface area contributed by atoms with E-state index in [2.05, 4.69) is 54.6 Å². The third-order valence-electron chi connectivity index (χ3n) is 7.48. The summed E-state index contributed by atoms with van der Waals surface area (Å²) in [6.07, 6.45) is 4.72. The van der Waals surface area contributed by atoms with Crippen LogP contribution in [0.25, 0.3) is 11.1 Å². The summed E-state index contributed by atoms with van der Waals surface area (Å²) < 4.78 is 17.6. The fourth-order valence-electron chi connectivity index (χ4n) is 5.83. The van der Waals surface area contributed by atoms with Gasteiger partial charge in [-0.1, -0.05) is 78.4 Å². The van der Waals surface area contributed by atoms with Gasteiger partial charge in [0, 0.05) is 5.92 Å². The molecule has 6 rings (SSSR count). The number of ether oxygens (including phenoxy) is 3. The molecule has 5 nitrogen and oxygen atoms in total. The lowest BCUT2D eigenvalue weighted by molar-refractivity contribution is -0.0365. The highest BCUT2D eigenvalue weighted by Gasteiger charge is 2.39. The van der Waals surface area contributed by atoms with Gasteiger partial charge in [0.15, 0.2) is 0 Å². The van der Waals surface area contributed by atoms with Crippen molar-refractivity contribution in [3.8, 4) is 16.9 Å². The van der Waals surface area contributed by atoms with E-state index in [1.54, 1.807) is 0 Å². The highest BCUT2D eigenvalue weighted by atomic mass is 16.6. The number of fused-ring (bicyclic) bond motifs is 5. The van der Waals surface area contributed by atoms with E-state index >= 15 is 0 Å². The predicted octanol–water partition coefficient (Wildman–Crippen LogP) is 6.19. The summed E-state index contributed by atoms with van der Waals surface area (Å²) in [6, 6.07) is 26.7. The molecular weight excluding hydrogens is 450 g/mol. The zero-order valence-corrected chi connectivity index (χ0v) is 20.3. The maximum atomic E-state index is 13.3. The number of morpholine rings is 1. The fourth-order valence-corrected chi connectivity index (χ4v) is 5.83. The first kappa shape index (κ1) is 22.9. The molecule has 0 spiro atoms. The molecule has 1 saturated heterocycles. The van der Waals surface area contributed by atoms with Crippen LogP contribution in [-0.2, 0) is 9.47 Å². The van der Waals surface area contributed by atoms with Crippen molar-refractivity contribution in [3.63, 3.8) is 0 Å². The van der Waals surface area contributed by atoms with E-state index in [-0.39, 0.29) is 24.1 Å². The van der Waals surface area contributed by atoms with Gasteiger partial charge in [-0.15, -0.1) is 0 Å². The van der Waals surface area contributed by atoms with Crippen LogP contribution < -0.4 is 4.74 Å². The first-order valence-electron chi connectivity index (χ1n) is 12.9. The Bertz CT molecular complexity index is 1210. The van der Waals surface area contributed by atoms with E-state index in [0.717, 1.165) is 25.0 Å². The number of benzene rings is 3. The quantitative estimate of drug-likeness (QED) is 0.298. The number of hydrogen-bond acceptors (Lipinski definition) is 4. The molecule has 3 aromatic rings. The van der Waals surface area contributed by atoms with Gasteiger partial charge in [0.25, 0.3) is 0 Å². The molecule has 0 saturated carbocycles. The smallest absolute Gasteiger partial charge is 0.410 e. The summed E-state index contributed by atoms with van der Waals surface area (Å²) in [5.41, 5.74) is 6.32. The highest BCUT2D eigenvalue weighted by molar-refractivity contribution is 5.79. The highest BCUT2D eigenvalue weighted by Crippen LogP contribution is 2.44. The van der Waals surface area contributed by atoms with Crippen molar-refractivity contribution >= 4 is 6.09 Å². The third-order valence-corrected chi connectivity index (χ3v) is 7.48. The van der Waals surface area contributed by atoms with Gasteiger partial charge in [-0.3, -0.25) is 4.90 Å². The number of hydrogen-bond donors (Lipinski definition) is 0. The second-order valence-electron chi connectivity index (χ2n) is 9.76. The molecule has 2 aliphatic heterocycles. The first-order valence-corrected chi connectivity index (χ1v) is 12.9. The van der Waals surface area contributed by atoms with Gasteiger partial charge in [0.2, 0.25) is 0 Å². The van der Waals surface area contributed by atoms with Crippen molar-refractivity contribution in [2.24, 2.45) is 0 Å². The maximum Gasteiger partial charge on any atom is 0.410 e. The monoisotopic (exact) mass is 481 g/mol. The van der Waals surface area contributed by atoms with Crippen molar-refractivity contribution in [2.75, 3.05) is 26.4 Å². The van der Waals surface area contributed by atoms with Gasteiger partial charge in [-0.2, -0.15) is 0 Å². The molecule has 1 aliphatic carbocycles. The van der Waals surface area contributed by atoms with Crippen molar-refractivity contribution in [1.29, 1.82) is 0 Å². The molecular formula is C31H31NO4. The van der Waals surface area contributed by atoms with Crippen molar-refractivity contribution in [1.82, 2.24) is 4.90 Å². The first-order chi connectivity index (χ1) is 17.8. The average Bonchev–Trinajstić information content (AvgIpc) is 3.23. The molecule has 2 unspecified atom stereocenters. The normalized spacial score (nSPS) is 20.3. The van der Waals surface area contributed by atoms with Crippen molar-refractivity contribution in [2.45, 2.75) is 37.3 Å². The third kappa shape index (κ3) is 4.51. The minimum atomic E-state index is -0.238. The van der Waals surface area contributed by atoms with Gasteiger partial charge in [-0.25, -0.2) is 4.79 Å². The van der Waals surface area contributed by atoms with E-state index < -0.39 is 0 Å². The van der Waals surface area contributed by atoms with Gasteiger partial charge >= 0.3 is 6.09 Å². The van der Waals surface area contributed by atoms with Crippen LogP contribution in [0.2, 0.25) is 0 Å². The van der Waals surface area contributed by atoms with Gasteiger partial charge in [0.05, 0.1) is 31.9 Å². The fraction of sp³-hybridized carbons (Fsp3) is 0.323. The minimum Gasteiger partial charge on any atom is -0.494 e. The number of amides is 1. The largest absolute Gasteiger partial charge is 0.494 e. The molecule has 0 radical (unpaired) electrons. The molecule has 3 aromatic carbocycles. The maximum absolute atomic E-state index is 13.3. The molecule has 1 fully saturated rings. The summed E-state index contributed by atoms with van der Waals surface area (Å²) >= 11 is 0. The van der Waals surface area contributed by atoms with E-state index in [1.165, 1.54) is 27.8 Å². The Hall–Kier alpha value is -3.57. The van der Waals surface area contributed by atoms with Crippen LogP contribution >= 0.6 is 0 Å². The number of para-hydroxylation sites is 1. The minimum absolute atomic E-state index is 0.0226. The molecule has 3 aliphatic rings. The molecule has 1 amide bonds. The average molecular weight is 482 g/mol. The van der Waals surface area contributed by atoms with Crippen LogP contribution in [0.3, 0.4) is 0 Å². The Kier molecular flexibility index (Phi) is 6.48. The molecule has 0 aromatic heterocycles. The van der Waals surface area contributed by atoms with Crippen LogP contribution in [0.15, 0.2) is 90.5 Å². The second-order valence-corrected chi connectivity index (χ2v) is 9.76. The van der Waals surface area contributed by atoms with E-state index in [4.69, 9.17) is 14.2 Å². The standard InChI is InChI=1S/C31H31NO4/c33-31(36-21-30-28-14-6-4-12-26(28)27-13-5-7-15-29(27)30)32-23-17-22(18-24(32)20-34-19-23)9-8-16-35-25-10-2-1-3-11-25/h1-7,10-15,17,23-24,30H,8-9,16,18-21H2. The Morgan fingerprint density at radius 2 is 1.58 bits per heavy atom. The molecule has 2 atom stereocenters. The predicted molar refractivity (Wildman–Crippen MR) is 139 cm³/mol. The van der Waals surface area contributed by atoms with Crippen LogP contribution in [0.4, 0.5) is 4.79 Å². The zero-order chi connectivity index (χ0) is 24.3. The Morgan fingerprint density at radius 1 is 0.889 bits per heavy atom. The summed E-state index contributed by atoms with van der Waals surface area (Å²) in [4.78, 5) is 15.2. The summed E-state index contributed by atoms with van der Waals surface area (Å²) in [6.45, 7) is 2.10.